The maximum absolute atomic E-state index is 5.43. The van der Waals surface area contributed by atoms with Gasteiger partial charge < -0.3 is 15.0 Å². The first-order valence-corrected chi connectivity index (χ1v) is 7.49. The molecule has 0 aliphatic carbocycles. The molecule has 0 aromatic carbocycles. The summed E-state index contributed by atoms with van der Waals surface area (Å²) in [5.74, 6) is 3.51. The number of nitrogens with one attached hydrogen (secondary N) is 1. The summed E-state index contributed by atoms with van der Waals surface area (Å²) in [6, 6.07) is 0. The number of aryl methyl sites for hydroxylation is 1. The molecule has 1 N–H and O–H groups in total. The van der Waals surface area contributed by atoms with E-state index in [0.717, 1.165) is 62.2 Å². The van der Waals surface area contributed by atoms with Crippen LogP contribution in [0.2, 0.25) is 0 Å². The van der Waals surface area contributed by atoms with E-state index in [1.165, 1.54) is 0 Å². The number of hydrogen-bond acceptors (Lipinski definition) is 5. The molecule has 1 saturated heterocycles. The SMILES string of the molecule is CCNc1nc(C)nc(N(C)CC2CCOCC2)c1C. The topological polar surface area (TPSA) is 50.3 Å². The molecule has 0 radical (unpaired) electrons. The minimum Gasteiger partial charge on any atom is -0.381 e. The lowest BCUT2D eigenvalue weighted by Gasteiger charge is -2.29. The fourth-order valence-electron chi connectivity index (χ4n) is 2.73. The molecular weight excluding hydrogens is 252 g/mol. The first kappa shape index (κ1) is 15.0. The fourth-order valence-corrected chi connectivity index (χ4v) is 2.73. The van der Waals surface area contributed by atoms with Gasteiger partial charge in [0.25, 0.3) is 0 Å². The van der Waals surface area contributed by atoms with Gasteiger partial charge in [0.1, 0.15) is 17.5 Å². The molecule has 2 rings (SSSR count). The van der Waals surface area contributed by atoms with Crippen LogP contribution in [0.15, 0.2) is 0 Å². The van der Waals surface area contributed by atoms with E-state index in [4.69, 9.17) is 4.74 Å². The predicted molar refractivity (Wildman–Crippen MR) is 82.5 cm³/mol. The van der Waals surface area contributed by atoms with Gasteiger partial charge in [0.2, 0.25) is 0 Å². The Balaban J connectivity index is 2.13. The second kappa shape index (κ2) is 6.88. The third-order valence-electron chi connectivity index (χ3n) is 3.81. The molecule has 1 aliphatic rings. The van der Waals surface area contributed by atoms with Crippen molar-refractivity contribution in [2.45, 2.75) is 33.6 Å². The van der Waals surface area contributed by atoms with E-state index in [-0.39, 0.29) is 0 Å². The molecule has 0 amide bonds. The summed E-state index contributed by atoms with van der Waals surface area (Å²) < 4.78 is 5.43. The van der Waals surface area contributed by atoms with E-state index in [1.807, 2.05) is 6.92 Å². The lowest BCUT2D eigenvalue weighted by atomic mass is 10.00. The Morgan fingerprint density at radius 3 is 2.60 bits per heavy atom. The highest BCUT2D eigenvalue weighted by Gasteiger charge is 2.19. The molecule has 0 saturated carbocycles. The van der Waals surface area contributed by atoms with E-state index in [2.05, 4.69) is 41.1 Å². The minimum absolute atomic E-state index is 0.700. The van der Waals surface area contributed by atoms with Crippen LogP contribution in [0.3, 0.4) is 0 Å². The first-order chi connectivity index (χ1) is 9.61. The predicted octanol–water partition coefficient (Wildman–Crippen LogP) is 2.39. The zero-order chi connectivity index (χ0) is 14.5. The van der Waals surface area contributed by atoms with Gasteiger partial charge in [-0.2, -0.15) is 0 Å². The summed E-state index contributed by atoms with van der Waals surface area (Å²) in [6.45, 7) is 9.82. The van der Waals surface area contributed by atoms with Gasteiger partial charge in [-0.05, 0) is 39.5 Å². The molecule has 0 bridgehead atoms. The second-order valence-corrected chi connectivity index (χ2v) is 5.53. The molecule has 20 heavy (non-hydrogen) atoms. The largest absolute Gasteiger partial charge is 0.381 e. The van der Waals surface area contributed by atoms with Gasteiger partial charge in [0, 0.05) is 38.9 Å². The molecule has 1 aliphatic heterocycles. The quantitative estimate of drug-likeness (QED) is 0.896. The van der Waals surface area contributed by atoms with Crippen molar-refractivity contribution >= 4 is 11.6 Å². The highest BCUT2D eigenvalue weighted by molar-refractivity contribution is 5.58. The van der Waals surface area contributed by atoms with Gasteiger partial charge >= 0.3 is 0 Å². The molecule has 112 valence electrons. The van der Waals surface area contributed by atoms with E-state index in [0.29, 0.717) is 5.92 Å². The standard InChI is InChI=1S/C15H26N4O/c1-5-16-14-11(2)15(18-12(3)17-14)19(4)10-13-6-8-20-9-7-13/h13H,5-10H2,1-4H3,(H,16,17,18). The van der Waals surface area contributed by atoms with Crippen LogP contribution in [0.5, 0.6) is 0 Å². The Kier molecular flexibility index (Phi) is 5.17. The smallest absolute Gasteiger partial charge is 0.137 e. The second-order valence-electron chi connectivity index (χ2n) is 5.53. The Morgan fingerprint density at radius 1 is 1.25 bits per heavy atom. The van der Waals surface area contributed by atoms with Crippen molar-refractivity contribution in [2.75, 3.05) is 43.6 Å². The van der Waals surface area contributed by atoms with Gasteiger partial charge in [-0.1, -0.05) is 0 Å². The maximum Gasteiger partial charge on any atom is 0.137 e. The van der Waals surface area contributed by atoms with E-state index >= 15 is 0 Å². The zero-order valence-corrected chi connectivity index (χ0v) is 13.1. The van der Waals surface area contributed by atoms with Gasteiger partial charge in [0.15, 0.2) is 0 Å². The molecule has 0 unspecified atom stereocenters. The van der Waals surface area contributed by atoms with Gasteiger partial charge in [-0.25, -0.2) is 9.97 Å². The molecule has 2 heterocycles. The van der Waals surface area contributed by atoms with Crippen LogP contribution in [0.4, 0.5) is 11.6 Å². The number of ether oxygens (including phenoxy) is 1. The van der Waals surface area contributed by atoms with Crippen molar-refractivity contribution in [2.24, 2.45) is 5.92 Å². The molecule has 5 nitrogen and oxygen atoms in total. The lowest BCUT2D eigenvalue weighted by molar-refractivity contribution is 0.0685. The number of anilines is 2. The average molecular weight is 278 g/mol. The third kappa shape index (κ3) is 3.60. The van der Waals surface area contributed by atoms with Gasteiger partial charge in [0.05, 0.1) is 0 Å². The Morgan fingerprint density at radius 2 is 1.95 bits per heavy atom. The van der Waals surface area contributed by atoms with Gasteiger partial charge in [-0.3, -0.25) is 0 Å². The van der Waals surface area contributed by atoms with Crippen molar-refractivity contribution in [3.05, 3.63) is 11.4 Å². The van der Waals surface area contributed by atoms with Gasteiger partial charge in [-0.15, -0.1) is 0 Å². The van der Waals surface area contributed by atoms with Crippen LogP contribution < -0.4 is 10.2 Å². The molecule has 0 spiro atoms. The molecule has 1 fully saturated rings. The van der Waals surface area contributed by atoms with Crippen molar-refractivity contribution < 1.29 is 4.74 Å². The monoisotopic (exact) mass is 278 g/mol. The first-order valence-electron chi connectivity index (χ1n) is 7.49. The van der Waals surface area contributed by atoms with Crippen molar-refractivity contribution in [3.8, 4) is 0 Å². The van der Waals surface area contributed by atoms with Crippen LogP contribution in [-0.2, 0) is 4.74 Å². The van der Waals surface area contributed by atoms with E-state index in [9.17, 15) is 0 Å². The summed E-state index contributed by atoms with van der Waals surface area (Å²) in [5, 5.41) is 3.32. The van der Waals surface area contributed by atoms with Crippen LogP contribution >= 0.6 is 0 Å². The Hall–Kier alpha value is -1.36. The molecular formula is C15H26N4O. The molecule has 0 atom stereocenters. The summed E-state index contributed by atoms with van der Waals surface area (Å²) in [7, 11) is 2.12. The Labute approximate surface area is 121 Å². The fraction of sp³-hybridized carbons (Fsp3) is 0.733. The number of rotatable bonds is 5. The van der Waals surface area contributed by atoms with E-state index < -0.39 is 0 Å². The molecule has 1 aromatic heterocycles. The Bertz CT molecular complexity index is 444. The van der Waals surface area contributed by atoms with Crippen molar-refractivity contribution in [1.29, 1.82) is 0 Å². The van der Waals surface area contributed by atoms with Crippen molar-refractivity contribution in [3.63, 3.8) is 0 Å². The molecule has 1 aromatic rings. The zero-order valence-electron chi connectivity index (χ0n) is 13.1. The van der Waals surface area contributed by atoms with Crippen LogP contribution in [-0.4, -0.2) is 43.3 Å². The summed E-state index contributed by atoms with van der Waals surface area (Å²) >= 11 is 0. The average Bonchev–Trinajstić information content (AvgIpc) is 2.43. The lowest BCUT2D eigenvalue weighted by Crippen LogP contribution is -2.31. The highest BCUT2D eigenvalue weighted by atomic mass is 16.5. The van der Waals surface area contributed by atoms with Crippen LogP contribution in [0.1, 0.15) is 31.2 Å². The maximum atomic E-state index is 5.43. The highest BCUT2D eigenvalue weighted by Crippen LogP contribution is 2.25. The number of aromatic nitrogens is 2. The summed E-state index contributed by atoms with van der Waals surface area (Å²) in [4.78, 5) is 11.4. The molecule has 5 heteroatoms. The minimum atomic E-state index is 0.700. The summed E-state index contributed by atoms with van der Waals surface area (Å²) in [5.41, 5.74) is 1.13. The van der Waals surface area contributed by atoms with Crippen LogP contribution in [0, 0.1) is 19.8 Å². The normalized spacial score (nSPS) is 16.2. The van der Waals surface area contributed by atoms with Crippen molar-refractivity contribution in [1.82, 2.24) is 9.97 Å². The van der Waals surface area contributed by atoms with E-state index in [1.54, 1.807) is 0 Å². The number of nitrogens with zero attached hydrogens (tertiary/aromatic N) is 3. The van der Waals surface area contributed by atoms with Crippen LogP contribution in [0.25, 0.3) is 0 Å². The number of hydrogen-bond donors (Lipinski definition) is 1. The third-order valence-corrected chi connectivity index (χ3v) is 3.81. The summed E-state index contributed by atoms with van der Waals surface area (Å²) in [6.07, 6.45) is 2.29.